The summed E-state index contributed by atoms with van der Waals surface area (Å²) in [5, 5.41) is 1.82. The van der Waals surface area contributed by atoms with Gasteiger partial charge in [0.1, 0.15) is 6.10 Å². The Bertz CT molecular complexity index is 668. The second-order valence-corrected chi connectivity index (χ2v) is 6.42. The van der Waals surface area contributed by atoms with Crippen molar-refractivity contribution >= 4 is 5.91 Å². The Kier molecular flexibility index (Phi) is 8.01. The molecule has 1 amide bonds. The quantitative estimate of drug-likeness (QED) is 0.455. The average Bonchev–Trinajstić information content (AvgIpc) is 3.11. The van der Waals surface area contributed by atoms with Crippen LogP contribution in [-0.2, 0) is 19.0 Å². The highest BCUT2D eigenvalue weighted by molar-refractivity contribution is 5.75. The minimum absolute atomic E-state index is 0.179. The van der Waals surface area contributed by atoms with E-state index in [-0.39, 0.29) is 6.61 Å². The number of amides is 1. The fraction of sp³-hybridized carbons (Fsp3) is 0.929. The standard InChI is InChI=1S/C14H14F13NO4/c1-30-8-31-5-6(32-8)4-28-7(29)2-3-9(15,16)10(17,18)11(19,20)12(21,22)13(23,24)14(25,26)27/h6,8H,2-5H2,1H3,(H,28,29). The van der Waals surface area contributed by atoms with Crippen molar-refractivity contribution in [3.8, 4) is 0 Å². The Morgan fingerprint density at radius 3 is 1.81 bits per heavy atom. The Balaban J connectivity index is 2.88. The largest absolute Gasteiger partial charge is 0.460 e. The number of halogens is 13. The molecule has 0 saturated carbocycles. The molecule has 0 aromatic carbocycles. The van der Waals surface area contributed by atoms with Crippen LogP contribution >= 0.6 is 0 Å². The van der Waals surface area contributed by atoms with Gasteiger partial charge in [0.2, 0.25) is 5.91 Å². The van der Waals surface area contributed by atoms with Gasteiger partial charge in [-0.3, -0.25) is 4.79 Å². The lowest BCUT2D eigenvalue weighted by Gasteiger charge is -2.39. The molecular formula is C14H14F13NO4. The third-order valence-electron chi connectivity index (χ3n) is 4.11. The molecule has 0 radical (unpaired) electrons. The second kappa shape index (κ2) is 9.00. The normalized spacial score (nSPS) is 21.7. The summed E-state index contributed by atoms with van der Waals surface area (Å²) in [4.78, 5) is 11.4. The maximum Gasteiger partial charge on any atom is 0.460 e. The smallest absolute Gasteiger partial charge is 0.353 e. The average molecular weight is 507 g/mol. The Labute approximate surface area is 170 Å². The van der Waals surface area contributed by atoms with E-state index < -0.39 is 73.7 Å². The predicted molar refractivity (Wildman–Crippen MR) is 74.7 cm³/mol. The maximum atomic E-state index is 13.6. The molecule has 18 heteroatoms. The number of rotatable bonds is 10. The van der Waals surface area contributed by atoms with Gasteiger partial charge in [0.05, 0.1) is 6.61 Å². The van der Waals surface area contributed by atoms with Crippen molar-refractivity contribution in [3.05, 3.63) is 0 Å². The zero-order valence-corrected chi connectivity index (χ0v) is 15.5. The number of carbonyl (C=O) groups is 1. The van der Waals surface area contributed by atoms with Gasteiger partial charge in [-0.15, -0.1) is 0 Å². The Morgan fingerprint density at radius 1 is 0.875 bits per heavy atom. The van der Waals surface area contributed by atoms with Crippen molar-refractivity contribution < 1.29 is 76.1 Å². The van der Waals surface area contributed by atoms with Crippen LogP contribution in [0.4, 0.5) is 57.1 Å². The fourth-order valence-electron chi connectivity index (χ4n) is 2.20. The van der Waals surface area contributed by atoms with Crippen LogP contribution in [0.3, 0.4) is 0 Å². The topological polar surface area (TPSA) is 56.8 Å². The number of methoxy groups -OCH3 is 1. The van der Waals surface area contributed by atoms with Crippen LogP contribution in [0.5, 0.6) is 0 Å². The summed E-state index contributed by atoms with van der Waals surface area (Å²) in [7, 11) is 1.16. The van der Waals surface area contributed by atoms with Crippen molar-refractivity contribution in [2.45, 2.75) is 61.2 Å². The minimum Gasteiger partial charge on any atom is -0.353 e. The number of nitrogens with one attached hydrogen (secondary N) is 1. The van der Waals surface area contributed by atoms with Crippen LogP contribution in [0.15, 0.2) is 0 Å². The summed E-state index contributed by atoms with van der Waals surface area (Å²) in [5.74, 6) is -38.8. The van der Waals surface area contributed by atoms with Gasteiger partial charge in [-0.25, -0.2) is 0 Å². The van der Waals surface area contributed by atoms with E-state index in [0.29, 0.717) is 0 Å². The van der Waals surface area contributed by atoms with Crippen molar-refractivity contribution in [1.29, 1.82) is 0 Å². The first-order valence-corrected chi connectivity index (χ1v) is 8.18. The first-order chi connectivity index (χ1) is 14.2. The van der Waals surface area contributed by atoms with Crippen LogP contribution in [-0.4, -0.2) is 74.5 Å². The van der Waals surface area contributed by atoms with Crippen LogP contribution < -0.4 is 5.32 Å². The molecule has 1 fully saturated rings. The fourth-order valence-corrected chi connectivity index (χ4v) is 2.20. The van der Waals surface area contributed by atoms with Gasteiger partial charge in [0, 0.05) is 26.5 Å². The molecule has 5 nitrogen and oxygen atoms in total. The molecule has 0 bridgehead atoms. The van der Waals surface area contributed by atoms with Gasteiger partial charge in [0.25, 0.3) is 6.48 Å². The van der Waals surface area contributed by atoms with Gasteiger partial charge in [-0.05, 0) is 0 Å². The Morgan fingerprint density at radius 2 is 1.38 bits per heavy atom. The molecule has 1 saturated heterocycles. The zero-order chi connectivity index (χ0) is 25.4. The van der Waals surface area contributed by atoms with E-state index in [4.69, 9.17) is 9.47 Å². The van der Waals surface area contributed by atoms with Crippen molar-refractivity contribution in [3.63, 3.8) is 0 Å². The Hall–Kier alpha value is -1.56. The van der Waals surface area contributed by atoms with Crippen LogP contribution in [0, 0.1) is 0 Å². The number of hydrogen-bond acceptors (Lipinski definition) is 4. The number of carbonyl (C=O) groups excluding carboxylic acids is 1. The monoisotopic (exact) mass is 507 g/mol. The van der Waals surface area contributed by atoms with E-state index in [0.717, 1.165) is 7.11 Å². The van der Waals surface area contributed by atoms with Gasteiger partial charge in [-0.1, -0.05) is 0 Å². The van der Waals surface area contributed by atoms with E-state index in [1.54, 1.807) is 0 Å². The molecule has 1 N–H and O–H groups in total. The molecule has 0 spiro atoms. The first-order valence-electron chi connectivity index (χ1n) is 8.18. The maximum absolute atomic E-state index is 13.6. The molecule has 190 valence electrons. The molecule has 1 aliphatic heterocycles. The van der Waals surface area contributed by atoms with Gasteiger partial charge < -0.3 is 19.5 Å². The lowest BCUT2D eigenvalue weighted by atomic mass is 9.92. The summed E-state index contributed by atoms with van der Waals surface area (Å²) in [6, 6.07) is 0. The van der Waals surface area contributed by atoms with Gasteiger partial charge >= 0.3 is 35.8 Å². The SMILES string of the molecule is COC1OCC(CNC(=O)CCC(F)(F)C(F)(F)C(F)(F)C(F)(F)C(F)(F)C(F)(F)F)O1. The number of ether oxygens (including phenoxy) is 3. The third-order valence-corrected chi connectivity index (χ3v) is 4.11. The summed E-state index contributed by atoms with van der Waals surface area (Å²) < 4.78 is 183. The molecule has 1 heterocycles. The van der Waals surface area contributed by atoms with Crippen molar-refractivity contribution in [2.24, 2.45) is 0 Å². The molecule has 2 unspecified atom stereocenters. The third kappa shape index (κ3) is 5.00. The van der Waals surface area contributed by atoms with E-state index >= 15 is 0 Å². The predicted octanol–water partition coefficient (Wildman–Crippen LogP) is 3.97. The van der Waals surface area contributed by atoms with E-state index in [9.17, 15) is 61.9 Å². The zero-order valence-electron chi connectivity index (χ0n) is 15.5. The molecule has 0 aromatic rings. The molecule has 2 atom stereocenters. The second-order valence-electron chi connectivity index (χ2n) is 6.42. The highest BCUT2D eigenvalue weighted by Crippen LogP contribution is 2.60. The molecule has 0 aliphatic carbocycles. The van der Waals surface area contributed by atoms with E-state index in [1.165, 1.54) is 0 Å². The summed E-state index contributed by atoms with van der Waals surface area (Å²) in [6.07, 6.45) is -12.7. The van der Waals surface area contributed by atoms with Crippen molar-refractivity contribution in [2.75, 3.05) is 20.3 Å². The van der Waals surface area contributed by atoms with E-state index in [2.05, 4.69) is 4.74 Å². The van der Waals surface area contributed by atoms with Crippen molar-refractivity contribution in [1.82, 2.24) is 5.32 Å². The van der Waals surface area contributed by atoms with Gasteiger partial charge in [0.15, 0.2) is 0 Å². The molecular weight excluding hydrogens is 493 g/mol. The highest BCUT2D eigenvalue weighted by Gasteiger charge is 2.90. The molecule has 0 aromatic heterocycles. The number of alkyl halides is 13. The lowest BCUT2D eigenvalue weighted by Crippen LogP contribution is -2.70. The molecule has 1 aliphatic rings. The summed E-state index contributed by atoms with van der Waals surface area (Å²) in [6.45, 7) is -1.80. The highest BCUT2D eigenvalue weighted by atomic mass is 19.4. The van der Waals surface area contributed by atoms with Crippen LogP contribution in [0.2, 0.25) is 0 Å². The summed E-state index contributed by atoms with van der Waals surface area (Å²) in [5.41, 5.74) is 0. The summed E-state index contributed by atoms with van der Waals surface area (Å²) >= 11 is 0. The first kappa shape index (κ1) is 28.5. The van der Waals surface area contributed by atoms with Crippen LogP contribution in [0.25, 0.3) is 0 Å². The lowest BCUT2D eigenvalue weighted by molar-refractivity contribution is -0.440. The number of hydrogen-bond donors (Lipinski definition) is 1. The molecule has 1 rings (SSSR count). The minimum atomic E-state index is -7.97. The van der Waals surface area contributed by atoms with Gasteiger partial charge in [-0.2, -0.15) is 57.1 Å². The van der Waals surface area contributed by atoms with Crippen LogP contribution in [0.1, 0.15) is 12.8 Å². The van der Waals surface area contributed by atoms with E-state index in [1.807, 2.05) is 5.32 Å². The molecule has 32 heavy (non-hydrogen) atoms.